The summed E-state index contributed by atoms with van der Waals surface area (Å²) in [5.41, 5.74) is 7.26. The van der Waals surface area contributed by atoms with Crippen molar-refractivity contribution in [2.45, 2.75) is 51.0 Å². The number of nitrogens with one attached hydrogen (secondary N) is 1. The topological polar surface area (TPSA) is 75.4 Å². The van der Waals surface area contributed by atoms with Crippen molar-refractivity contribution in [3.8, 4) is 0 Å². The monoisotopic (exact) mass is 329 g/mol. The zero-order valence-corrected chi connectivity index (χ0v) is 14.4. The molecule has 2 aliphatic rings. The minimum Gasteiger partial charge on any atom is -0.339 e. The number of benzene rings is 1. The lowest BCUT2D eigenvalue weighted by Gasteiger charge is -2.37. The van der Waals surface area contributed by atoms with Crippen molar-refractivity contribution in [3.63, 3.8) is 0 Å². The van der Waals surface area contributed by atoms with Gasteiger partial charge in [-0.15, -0.1) is 0 Å². The second-order valence-corrected chi connectivity index (χ2v) is 7.37. The Balaban J connectivity index is 1.63. The number of anilines is 1. The number of hydrogen-bond acceptors (Lipinski definition) is 3. The molecule has 1 aliphatic heterocycles. The van der Waals surface area contributed by atoms with Crippen molar-refractivity contribution in [3.05, 3.63) is 29.8 Å². The summed E-state index contributed by atoms with van der Waals surface area (Å²) in [6, 6.07) is 7.19. The third-order valence-electron chi connectivity index (χ3n) is 5.36. The van der Waals surface area contributed by atoms with E-state index < -0.39 is 5.54 Å². The van der Waals surface area contributed by atoms with E-state index >= 15 is 0 Å². The van der Waals surface area contributed by atoms with Crippen LogP contribution in [0.3, 0.4) is 0 Å². The van der Waals surface area contributed by atoms with Gasteiger partial charge in [0.1, 0.15) is 0 Å². The highest BCUT2D eigenvalue weighted by atomic mass is 16.2. The number of rotatable bonds is 3. The number of likely N-dealkylation sites (tertiary alicyclic amines) is 1. The van der Waals surface area contributed by atoms with Crippen LogP contribution in [0.25, 0.3) is 0 Å². The SMILES string of the molecule is CC1(N)CCCCC1C(=O)Nc1ccc(C(=O)N2CCCC2)cc1. The molecule has 2 unspecified atom stereocenters. The summed E-state index contributed by atoms with van der Waals surface area (Å²) in [5.74, 6) is -0.0948. The van der Waals surface area contributed by atoms with Crippen LogP contribution in [0.2, 0.25) is 0 Å². The third-order valence-corrected chi connectivity index (χ3v) is 5.36. The Labute approximate surface area is 143 Å². The average Bonchev–Trinajstić information content (AvgIpc) is 3.09. The van der Waals surface area contributed by atoms with Gasteiger partial charge in [0.15, 0.2) is 0 Å². The average molecular weight is 329 g/mol. The highest BCUT2D eigenvalue weighted by Gasteiger charge is 2.37. The molecule has 0 aromatic heterocycles. The summed E-state index contributed by atoms with van der Waals surface area (Å²) >= 11 is 0. The predicted octanol–water partition coefficient (Wildman–Crippen LogP) is 2.77. The number of amides is 2. The van der Waals surface area contributed by atoms with E-state index in [0.717, 1.165) is 57.3 Å². The molecule has 1 saturated carbocycles. The maximum atomic E-state index is 12.5. The summed E-state index contributed by atoms with van der Waals surface area (Å²) in [7, 11) is 0. The smallest absolute Gasteiger partial charge is 0.253 e. The fraction of sp³-hybridized carbons (Fsp3) is 0.579. The Morgan fingerprint density at radius 3 is 2.42 bits per heavy atom. The Kier molecular flexibility index (Phi) is 4.90. The van der Waals surface area contributed by atoms with Gasteiger partial charge in [-0.05, 0) is 56.9 Å². The van der Waals surface area contributed by atoms with E-state index in [0.29, 0.717) is 5.56 Å². The molecule has 5 heteroatoms. The third kappa shape index (κ3) is 3.61. The van der Waals surface area contributed by atoms with Crippen molar-refractivity contribution in [1.29, 1.82) is 0 Å². The molecule has 5 nitrogen and oxygen atoms in total. The van der Waals surface area contributed by atoms with Crippen molar-refractivity contribution >= 4 is 17.5 Å². The molecule has 1 saturated heterocycles. The molecule has 2 fully saturated rings. The maximum Gasteiger partial charge on any atom is 0.253 e. The first-order valence-electron chi connectivity index (χ1n) is 8.96. The van der Waals surface area contributed by atoms with Crippen LogP contribution in [0.5, 0.6) is 0 Å². The normalized spacial score (nSPS) is 27.1. The van der Waals surface area contributed by atoms with Gasteiger partial charge in [-0.2, -0.15) is 0 Å². The van der Waals surface area contributed by atoms with E-state index in [1.54, 1.807) is 24.3 Å². The van der Waals surface area contributed by atoms with Gasteiger partial charge in [0.25, 0.3) is 5.91 Å². The van der Waals surface area contributed by atoms with Gasteiger partial charge < -0.3 is 16.0 Å². The molecule has 0 radical (unpaired) electrons. The van der Waals surface area contributed by atoms with Gasteiger partial charge in [-0.25, -0.2) is 0 Å². The number of carbonyl (C=O) groups is 2. The van der Waals surface area contributed by atoms with Crippen molar-refractivity contribution in [1.82, 2.24) is 4.90 Å². The van der Waals surface area contributed by atoms with E-state index in [1.165, 1.54) is 0 Å². The molecule has 1 heterocycles. The molecular formula is C19H27N3O2. The van der Waals surface area contributed by atoms with Crippen LogP contribution in [-0.4, -0.2) is 35.3 Å². The first-order valence-corrected chi connectivity index (χ1v) is 8.96. The van der Waals surface area contributed by atoms with Crippen LogP contribution < -0.4 is 11.1 Å². The van der Waals surface area contributed by atoms with Gasteiger partial charge in [-0.1, -0.05) is 12.8 Å². The molecule has 2 atom stereocenters. The standard InChI is InChI=1S/C19H27N3O2/c1-19(20)11-3-2-6-16(19)17(23)21-15-9-7-14(8-10-15)18(24)22-12-4-5-13-22/h7-10,16H,2-6,11-13,20H2,1H3,(H,21,23). The van der Waals surface area contributed by atoms with Crippen molar-refractivity contribution < 1.29 is 9.59 Å². The minimum atomic E-state index is -0.437. The summed E-state index contributed by atoms with van der Waals surface area (Å²) in [5, 5.41) is 2.96. The van der Waals surface area contributed by atoms with E-state index in [9.17, 15) is 9.59 Å². The molecule has 24 heavy (non-hydrogen) atoms. The lowest BCUT2D eigenvalue weighted by atomic mass is 9.74. The molecule has 3 rings (SSSR count). The molecule has 1 aliphatic carbocycles. The van der Waals surface area contributed by atoms with Gasteiger partial charge in [0.2, 0.25) is 5.91 Å². The lowest BCUT2D eigenvalue weighted by Crippen LogP contribution is -2.51. The maximum absolute atomic E-state index is 12.5. The predicted molar refractivity (Wildman–Crippen MR) is 94.8 cm³/mol. The van der Waals surface area contributed by atoms with E-state index in [-0.39, 0.29) is 17.7 Å². The Bertz CT molecular complexity index is 604. The molecule has 3 N–H and O–H groups in total. The quantitative estimate of drug-likeness (QED) is 0.895. The number of carbonyl (C=O) groups excluding carboxylic acids is 2. The zero-order valence-electron chi connectivity index (χ0n) is 14.4. The molecule has 0 bridgehead atoms. The summed E-state index contributed by atoms with van der Waals surface area (Å²) < 4.78 is 0. The Morgan fingerprint density at radius 2 is 1.79 bits per heavy atom. The van der Waals surface area contributed by atoms with Crippen LogP contribution in [0.1, 0.15) is 55.8 Å². The number of nitrogens with zero attached hydrogens (tertiary/aromatic N) is 1. The summed E-state index contributed by atoms with van der Waals surface area (Å²) in [6.07, 6.45) is 6.02. The van der Waals surface area contributed by atoms with Crippen LogP contribution in [0, 0.1) is 5.92 Å². The van der Waals surface area contributed by atoms with Gasteiger partial charge in [0, 0.05) is 29.9 Å². The van der Waals surface area contributed by atoms with Crippen molar-refractivity contribution in [2.24, 2.45) is 11.7 Å². The fourth-order valence-electron chi connectivity index (χ4n) is 3.82. The van der Waals surface area contributed by atoms with E-state index in [1.807, 2.05) is 11.8 Å². The molecule has 130 valence electrons. The second kappa shape index (κ2) is 6.93. The largest absolute Gasteiger partial charge is 0.339 e. The summed E-state index contributed by atoms with van der Waals surface area (Å²) in [6.45, 7) is 3.65. The number of nitrogens with two attached hydrogens (primary N) is 1. The molecule has 2 amide bonds. The second-order valence-electron chi connectivity index (χ2n) is 7.37. The summed E-state index contributed by atoms with van der Waals surface area (Å²) in [4.78, 5) is 26.8. The molecule has 1 aromatic carbocycles. The van der Waals surface area contributed by atoms with Crippen LogP contribution in [-0.2, 0) is 4.79 Å². The molecular weight excluding hydrogens is 302 g/mol. The van der Waals surface area contributed by atoms with Gasteiger partial charge in [-0.3, -0.25) is 9.59 Å². The first-order chi connectivity index (χ1) is 11.5. The zero-order chi connectivity index (χ0) is 17.2. The van der Waals surface area contributed by atoms with Crippen LogP contribution >= 0.6 is 0 Å². The minimum absolute atomic E-state index is 0.0154. The highest BCUT2D eigenvalue weighted by molar-refractivity contribution is 5.96. The van der Waals surface area contributed by atoms with Crippen LogP contribution in [0.15, 0.2) is 24.3 Å². The van der Waals surface area contributed by atoms with E-state index in [2.05, 4.69) is 5.32 Å². The number of hydrogen-bond donors (Lipinski definition) is 2. The lowest BCUT2D eigenvalue weighted by molar-refractivity contribution is -0.122. The molecule has 1 aromatic rings. The van der Waals surface area contributed by atoms with Crippen LogP contribution in [0.4, 0.5) is 5.69 Å². The van der Waals surface area contributed by atoms with Gasteiger partial charge in [0.05, 0.1) is 5.92 Å². The van der Waals surface area contributed by atoms with Crippen molar-refractivity contribution in [2.75, 3.05) is 18.4 Å². The Morgan fingerprint density at radius 1 is 1.12 bits per heavy atom. The first kappa shape index (κ1) is 17.0. The van der Waals surface area contributed by atoms with Gasteiger partial charge >= 0.3 is 0 Å². The Hall–Kier alpha value is -1.88. The molecule has 0 spiro atoms. The fourth-order valence-corrected chi connectivity index (χ4v) is 3.82. The van der Waals surface area contributed by atoms with E-state index in [4.69, 9.17) is 5.73 Å². The highest BCUT2D eigenvalue weighted by Crippen LogP contribution is 2.32.